The monoisotopic (exact) mass is 256 g/mol. The van der Waals surface area contributed by atoms with Crippen LogP contribution in [0.1, 0.15) is 48.0 Å². The number of nitrogens with zero attached hydrogens (tertiary/aromatic N) is 2. The van der Waals surface area contributed by atoms with Crippen molar-refractivity contribution in [1.82, 2.24) is 9.80 Å². The summed E-state index contributed by atoms with van der Waals surface area (Å²) in [4.78, 5) is 16.7. The van der Waals surface area contributed by atoms with Gasteiger partial charge in [0, 0.05) is 25.6 Å². The van der Waals surface area contributed by atoms with Crippen molar-refractivity contribution < 1.29 is 4.79 Å². The molecule has 0 rings (SSSR count). The summed E-state index contributed by atoms with van der Waals surface area (Å²) in [6.07, 6.45) is 0.929. The highest BCUT2D eigenvalue weighted by Gasteiger charge is 2.20. The number of likely N-dealkylation sites (N-methyl/N-ethyl adjacent to an activating group) is 1. The maximum absolute atomic E-state index is 12.3. The number of rotatable bonds is 9. The highest BCUT2D eigenvalue weighted by molar-refractivity contribution is 5.78. The first-order chi connectivity index (χ1) is 8.46. The third kappa shape index (κ3) is 6.39. The van der Waals surface area contributed by atoms with Crippen LogP contribution in [0.3, 0.4) is 0 Å². The summed E-state index contributed by atoms with van der Waals surface area (Å²) in [5, 5.41) is 0. The molecule has 0 aliphatic heterocycles. The van der Waals surface area contributed by atoms with Crippen LogP contribution in [0.2, 0.25) is 0 Å². The molecule has 0 radical (unpaired) electrons. The normalized spacial score (nSPS) is 13.1. The molecule has 0 saturated heterocycles. The second kappa shape index (κ2) is 9.37. The molecule has 0 aromatic rings. The van der Waals surface area contributed by atoms with Crippen molar-refractivity contribution in [1.29, 1.82) is 0 Å². The van der Waals surface area contributed by atoms with Crippen molar-refractivity contribution in [3.05, 3.63) is 0 Å². The van der Waals surface area contributed by atoms with Crippen molar-refractivity contribution in [2.75, 3.05) is 32.7 Å². The quantitative estimate of drug-likeness (QED) is 0.633. The zero-order valence-electron chi connectivity index (χ0n) is 13.2. The van der Waals surface area contributed by atoms with Gasteiger partial charge in [-0.2, -0.15) is 0 Å². The molecule has 0 N–H and O–H groups in total. The fourth-order valence-corrected chi connectivity index (χ4v) is 2.02. The predicted molar refractivity (Wildman–Crippen MR) is 78.7 cm³/mol. The van der Waals surface area contributed by atoms with E-state index in [1.165, 1.54) is 0 Å². The van der Waals surface area contributed by atoms with E-state index in [0.29, 0.717) is 11.8 Å². The average molecular weight is 256 g/mol. The Labute approximate surface area is 114 Å². The van der Waals surface area contributed by atoms with Gasteiger partial charge in [0.2, 0.25) is 5.91 Å². The van der Waals surface area contributed by atoms with Gasteiger partial charge in [0.15, 0.2) is 0 Å². The molecule has 0 aromatic heterocycles. The summed E-state index contributed by atoms with van der Waals surface area (Å²) in [6.45, 7) is 17.7. The Morgan fingerprint density at radius 2 is 1.56 bits per heavy atom. The van der Waals surface area contributed by atoms with E-state index in [-0.39, 0.29) is 5.92 Å². The standard InChI is InChI=1S/C15H32N2O/c1-7-14(6)15(18)17(12-13(4)5)11-10-16(8-2)9-3/h13-14H,7-12H2,1-6H3. The second-order valence-electron chi connectivity index (χ2n) is 5.51. The molecule has 1 amide bonds. The van der Waals surface area contributed by atoms with Gasteiger partial charge in [0.1, 0.15) is 0 Å². The van der Waals surface area contributed by atoms with E-state index in [9.17, 15) is 4.79 Å². The van der Waals surface area contributed by atoms with Gasteiger partial charge in [0.25, 0.3) is 0 Å². The lowest BCUT2D eigenvalue weighted by molar-refractivity contribution is -0.135. The van der Waals surface area contributed by atoms with Crippen LogP contribution in [0.4, 0.5) is 0 Å². The number of carbonyl (C=O) groups is 1. The third-order valence-corrected chi connectivity index (χ3v) is 3.51. The van der Waals surface area contributed by atoms with Crippen LogP contribution in [0.15, 0.2) is 0 Å². The van der Waals surface area contributed by atoms with E-state index in [0.717, 1.165) is 39.1 Å². The topological polar surface area (TPSA) is 23.6 Å². The number of amides is 1. The Morgan fingerprint density at radius 3 is 1.94 bits per heavy atom. The Morgan fingerprint density at radius 1 is 1.00 bits per heavy atom. The molecule has 1 atom stereocenters. The molecule has 0 fully saturated rings. The maximum Gasteiger partial charge on any atom is 0.225 e. The SMILES string of the molecule is CCC(C)C(=O)N(CCN(CC)CC)CC(C)C. The largest absolute Gasteiger partial charge is 0.341 e. The van der Waals surface area contributed by atoms with Crippen LogP contribution in [-0.4, -0.2) is 48.4 Å². The Kier molecular flexibility index (Phi) is 9.08. The van der Waals surface area contributed by atoms with E-state index in [1.807, 2.05) is 6.92 Å². The lowest BCUT2D eigenvalue weighted by atomic mass is 10.1. The number of carbonyl (C=O) groups excluding carboxylic acids is 1. The van der Waals surface area contributed by atoms with Gasteiger partial charge in [-0.05, 0) is 25.4 Å². The molecule has 0 aliphatic rings. The summed E-state index contributed by atoms with van der Waals surface area (Å²) in [5.41, 5.74) is 0. The van der Waals surface area contributed by atoms with Crippen LogP contribution in [0.5, 0.6) is 0 Å². The lowest BCUT2D eigenvalue weighted by Crippen LogP contribution is -2.42. The lowest BCUT2D eigenvalue weighted by Gasteiger charge is -2.29. The third-order valence-electron chi connectivity index (χ3n) is 3.51. The maximum atomic E-state index is 12.3. The number of hydrogen-bond donors (Lipinski definition) is 0. The smallest absolute Gasteiger partial charge is 0.225 e. The van der Waals surface area contributed by atoms with Gasteiger partial charge in [0.05, 0.1) is 0 Å². The highest BCUT2D eigenvalue weighted by atomic mass is 16.2. The van der Waals surface area contributed by atoms with Gasteiger partial charge in [-0.1, -0.05) is 41.5 Å². The van der Waals surface area contributed by atoms with E-state index < -0.39 is 0 Å². The molecule has 0 heterocycles. The first-order valence-electron chi connectivity index (χ1n) is 7.47. The van der Waals surface area contributed by atoms with Crippen molar-refractivity contribution in [2.45, 2.75) is 48.0 Å². The van der Waals surface area contributed by atoms with Crippen molar-refractivity contribution in [3.8, 4) is 0 Å². The Hall–Kier alpha value is -0.570. The highest BCUT2D eigenvalue weighted by Crippen LogP contribution is 2.09. The molecule has 0 aromatic carbocycles. The van der Waals surface area contributed by atoms with Crippen LogP contribution >= 0.6 is 0 Å². The van der Waals surface area contributed by atoms with Crippen LogP contribution in [0, 0.1) is 11.8 Å². The molecule has 18 heavy (non-hydrogen) atoms. The van der Waals surface area contributed by atoms with Gasteiger partial charge in [-0.15, -0.1) is 0 Å². The molecular weight excluding hydrogens is 224 g/mol. The molecule has 0 spiro atoms. The molecule has 3 heteroatoms. The second-order valence-corrected chi connectivity index (χ2v) is 5.51. The first-order valence-corrected chi connectivity index (χ1v) is 7.47. The van der Waals surface area contributed by atoms with Crippen molar-refractivity contribution >= 4 is 5.91 Å². The minimum atomic E-state index is 0.153. The molecule has 3 nitrogen and oxygen atoms in total. The van der Waals surface area contributed by atoms with E-state index in [4.69, 9.17) is 0 Å². The van der Waals surface area contributed by atoms with Crippen LogP contribution < -0.4 is 0 Å². The van der Waals surface area contributed by atoms with E-state index in [2.05, 4.69) is 44.4 Å². The molecule has 0 aliphatic carbocycles. The summed E-state index contributed by atoms with van der Waals surface area (Å²) in [6, 6.07) is 0. The van der Waals surface area contributed by atoms with Gasteiger partial charge in [-0.3, -0.25) is 4.79 Å². The van der Waals surface area contributed by atoms with E-state index >= 15 is 0 Å². The Bertz CT molecular complexity index is 225. The molecule has 108 valence electrons. The van der Waals surface area contributed by atoms with Crippen molar-refractivity contribution in [3.63, 3.8) is 0 Å². The summed E-state index contributed by atoms with van der Waals surface area (Å²) in [5.74, 6) is 1.01. The number of hydrogen-bond acceptors (Lipinski definition) is 2. The summed E-state index contributed by atoms with van der Waals surface area (Å²) in [7, 11) is 0. The molecule has 0 bridgehead atoms. The zero-order chi connectivity index (χ0) is 14.1. The summed E-state index contributed by atoms with van der Waals surface area (Å²) < 4.78 is 0. The van der Waals surface area contributed by atoms with E-state index in [1.54, 1.807) is 0 Å². The molecular formula is C15H32N2O. The van der Waals surface area contributed by atoms with Crippen molar-refractivity contribution in [2.24, 2.45) is 11.8 Å². The van der Waals surface area contributed by atoms with Gasteiger partial charge < -0.3 is 9.80 Å². The average Bonchev–Trinajstić information content (AvgIpc) is 2.36. The first kappa shape index (κ1) is 17.4. The minimum absolute atomic E-state index is 0.153. The fourth-order valence-electron chi connectivity index (χ4n) is 2.02. The van der Waals surface area contributed by atoms with Gasteiger partial charge in [-0.25, -0.2) is 0 Å². The van der Waals surface area contributed by atoms with Gasteiger partial charge >= 0.3 is 0 Å². The van der Waals surface area contributed by atoms with Crippen LogP contribution in [-0.2, 0) is 4.79 Å². The molecule has 1 unspecified atom stereocenters. The summed E-state index contributed by atoms with van der Waals surface area (Å²) >= 11 is 0. The molecule has 0 saturated carbocycles. The fraction of sp³-hybridized carbons (Fsp3) is 0.933. The zero-order valence-corrected chi connectivity index (χ0v) is 13.2. The minimum Gasteiger partial charge on any atom is -0.341 e. The van der Waals surface area contributed by atoms with Crippen LogP contribution in [0.25, 0.3) is 0 Å². The Balaban J connectivity index is 4.44. The predicted octanol–water partition coefficient (Wildman–Crippen LogP) is 2.86.